The standard InChI is InChI=1S/C13H17FINO/c1-17-13-7-4-10(8-12(13)14)9-2-5-11(15-16)6-3-9/h4,7-9,11,16H,2-3,5-6H2,1H3. The molecule has 1 saturated carbocycles. The molecule has 1 aliphatic carbocycles. The summed E-state index contributed by atoms with van der Waals surface area (Å²) in [5, 5.41) is 0. The lowest BCUT2D eigenvalue weighted by Crippen LogP contribution is -2.13. The van der Waals surface area contributed by atoms with E-state index in [1.807, 2.05) is 6.07 Å². The van der Waals surface area contributed by atoms with Crippen molar-refractivity contribution in [3.63, 3.8) is 0 Å². The van der Waals surface area contributed by atoms with Crippen LogP contribution in [0.1, 0.15) is 37.2 Å². The molecule has 0 bridgehead atoms. The Morgan fingerprint density at radius 3 is 2.53 bits per heavy atom. The molecule has 0 aromatic heterocycles. The number of hydrogen-bond acceptors (Lipinski definition) is 2. The fraction of sp³-hybridized carbons (Fsp3) is 0.538. The van der Waals surface area contributed by atoms with Gasteiger partial charge < -0.3 is 4.74 Å². The van der Waals surface area contributed by atoms with Gasteiger partial charge in [-0.2, -0.15) is 0 Å². The second-order valence-electron chi connectivity index (χ2n) is 4.45. The molecule has 0 unspecified atom stereocenters. The molecule has 2 nitrogen and oxygen atoms in total. The van der Waals surface area contributed by atoms with Gasteiger partial charge in [0.25, 0.3) is 0 Å². The Bertz CT molecular complexity index is 402. The van der Waals surface area contributed by atoms with Crippen molar-refractivity contribution in [2.24, 2.45) is 0 Å². The minimum Gasteiger partial charge on any atom is -0.494 e. The number of ether oxygens (including phenoxy) is 1. The Morgan fingerprint density at radius 1 is 1.29 bits per heavy atom. The summed E-state index contributed by atoms with van der Waals surface area (Å²) in [5.74, 6) is 0.529. The van der Waals surface area contributed by atoms with Crippen molar-refractivity contribution in [3.05, 3.63) is 29.6 Å². The van der Waals surface area contributed by atoms with E-state index >= 15 is 0 Å². The smallest absolute Gasteiger partial charge is 0.165 e. The van der Waals surface area contributed by atoms with Crippen LogP contribution in [0.3, 0.4) is 0 Å². The summed E-state index contributed by atoms with van der Waals surface area (Å²) in [6.45, 7) is 0. The molecular weight excluding hydrogens is 332 g/mol. The van der Waals surface area contributed by atoms with Gasteiger partial charge in [0.2, 0.25) is 0 Å². The molecule has 0 aliphatic heterocycles. The van der Waals surface area contributed by atoms with Gasteiger partial charge in [-0.1, -0.05) is 6.07 Å². The summed E-state index contributed by atoms with van der Waals surface area (Å²) in [6, 6.07) is 5.30. The zero-order valence-electron chi connectivity index (χ0n) is 9.88. The van der Waals surface area contributed by atoms with Crippen molar-refractivity contribution in [2.75, 3.05) is 7.11 Å². The molecule has 0 radical (unpaired) electrons. The summed E-state index contributed by atoms with van der Waals surface area (Å²) < 4.78 is 26.7. The fourth-order valence-electron chi connectivity index (χ4n) is 2.43. The lowest BCUT2D eigenvalue weighted by Gasteiger charge is -2.26. The van der Waals surface area contributed by atoms with E-state index in [4.69, 9.17) is 8.30 Å². The maximum Gasteiger partial charge on any atom is 0.165 e. The third-order valence-electron chi connectivity index (χ3n) is 3.46. The summed E-state index contributed by atoms with van der Waals surface area (Å²) in [6.07, 6.45) is 4.51. The molecule has 4 heteroatoms. The van der Waals surface area contributed by atoms with E-state index in [-0.39, 0.29) is 26.9 Å². The SMILES string of the molecule is COc1ccc(C2CCC(I=N)CC2)cc1F. The predicted molar refractivity (Wildman–Crippen MR) is 74.7 cm³/mol. The largest absolute Gasteiger partial charge is 0.494 e. The lowest BCUT2D eigenvalue weighted by molar-refractivity contribution is 0.384. The quantitative estimate of drug-likeness (QED) is 0.628. The van der Waals surface area contributed by atoms with Crippen LogP contribution in [0.5, 0.6) is 5.75 Å². The third-order valence-corrected chi connectivity index (χ3v) is 5.58. The highest BCUT2D eigenvalue weighted by molar-refractivity contribution is 14.1. The Kier molecular flexibility index (Phi) is 4.48. The van der Waals surface area contributed by atoms with Crippen LogP contribution in [0.15, 0.2) is 18.2 Å². The van der Waals surface area contributed by atoms with Gasteiger partial charge in [-0.05, 0) is 70.3 Å². The monoisotopic (exact) mass is 349 g/mol. The molecule has 94 valence electrons. The summed E-state index contributed by atoms with van der Waals surface area (Å²) >= 11 is -0.362. The summed E-state index contributed by atoms with van der Waals surface area (Å²) in [7, 11) is 1.49. The first-order valence-corrected chi connectivity index (χ1v) is 8.19. The van der Waals surface area contributed by atoms with Crippen LogP contribution in [0.25, 0.3) is 0 Å². The van der Waals surface area contributed by atoms with Crippen LogP contribution < -0.4 is 4.74 Å². The Hall–Kier alpha value is -0.520. The van der Waals surface area contributed by atoms with Crippen LogP contribution in [0, 0.1) is 9.38 Å². The topological polar surface area (TPSA) is 33.1 Å². The first-order valence-electron chi connectivity index (χ1n) is 5.87. The zero-order valence-corrected chi connectivity index (χ0v) is 12.0. The molecule has 1 aromatic carbocycles. The summed E-state index contributed by atoms with van der Waals surface area (Å²) in [5.41, 5.74) is 1.09. The minimum atomic E-state index is -0.362. The molecular formula is C13H17FINO. The van der Waals surface area contributed by atoms with E-state index in [9.17, 15) is 4.39 Å². The molecule has 0 amide bonds. The maximum atomic E-state index is 13.6. The molecule has 0 saturated heterocycles. The van der Waals surface area contributed by atoms with Crippen molar-refractivity contribution in [1.29, 1.82) is 3.56 Å². The lowest BCUT2D eigenvalue weighted by atomic mass is 9.84. The van der Waals surface area contributed by atoms with Crippen LogP contribution in [-0.2, 0) is 0 Å². The van der Waals surface area contributed by atoms with Gasteiger partial charge in [-0.3, -0.25) is 3.56 Å². The molecule has 1 fully saturated rings. The number of hydrogen-bond donors (Lipinski definition) is 1. The van der Waals surface area contributed by atoms with Crippen molar-refractivity contribution < 1.29 is 9.13 Å². The van der Waals surface area contributed by atoms with E-state index < -0.39 is 0 Å². The molecule has 17 heavy (non-hydrogen) atoms. The van der Waals surface area contributed by atoms with Crippen molar-refractivity contribution in [2.45, 2.75) is 35.5 Å². The highest BCUT2D eigenvalue weighted by Crippen LogP contribution is 2.38. The number of halogens is 2. The van der Waals surface area contributed by atoms with Crippen LogP contribution in [0.2, 0.25) is 0 Å². The first kappa shape index (κ1) is 12.9. The summed E-state index contributed by atoms with van der Waals surface area (Å²) in [4.78, 5) is 0. The molecule has 0 atom stereocenters. The third kappa shape index (κ3) is 3.03. The molecule has 1 aliphatic rings. The maximum absolute atomic E-state index is 13.6. The molecule has 2 rings (SSSR count). The average Bonchev–Trinajstić information content (AvgIpc) is 2.39. The fourth-order valence-corrected chi connectivity index (χ4v) is 3.77. The molecule has 0 heterocycles. The second kappa shape index (κ2) is 5.89. The number of alkyl halides is 1. The average molecular weight is 349 g/mol. The van der Waals surface area contributed by atoms with Crippen LogP contribution in [0.4, 0.5) is 4.39 Å². The Morgan fingerprint density at radius 2 is 2.00 bits per heavy atom. The number of benzene rings is 1. The van der Waals surface area contributed by atoms with E-state index in [0.29, 0.717) is 15.6 Å². The van der Waals surface area contributed by atoms with Gasteiger partial charge >= 0.3 is 0 Å². The highest BCUT2D eigenvalue weighted by Gasteiger charge is 2.22. The van der Waals surface area contributed by atoms with Crippen LogP contribution >= 0.6 is 21.0 Å². The van der Waals surface area contributed by atoms with E-state index in [2.05, 4.69) is 0 Å². The van der Waals surface area contributed by atoms with Gasteiger partial charge in [0.05, 0.1) is 7.11 Å². The number of nitrogens with one attached hydrogen (secondary N) is 1. The molecule has 0 spiro atoms. The number of rotatable bonds is 3. The van der Waals surface area contributed by atoms with Crippen molar-refractivity contribution in [3.8, 4) is 5.75 Å². The van der Waals surface area contributed by atoms with E-state index in [1.54, 1.807) is 12.1 Å². The molecule has 1 N–H and O–H groups in total. The van der Waals surface area contributed by atoms with Crippen molar-refractivity contribution in [1.82, 2.24) is 0 Å². The van der Waals surface area contributed by atoms with E-state index in [1.165, 1.54) is 7.11 Å². The second-order valence-corrected chi connectivity index (χ2v) is 6.84. The Balaban J connectivity index is 2.08. The van der Waals surface area contributed by atoms with Crippen LogP contribution in [-0.4, -0.2) is 11.0 Å². The van der Waals surface area contributed by atoms with Gasteiger partial charge in [0, 0.05) is 3.92 Å². The van der Waals surface area contributed by atoms with Gasteiger partial charge in [-0.25, -0.2) is 4.39 Å². The van der Waals surface area contributed by atoms with Gasteiger partial charge in [0.15, 0.2) is 11.6 Å². The van der Waals surface area contributed by atoms with Gasteiger partial charge in [0.1, 0.15) is 0 Å². The first-order chi connectivity index (χ1) is 8.24. The van der Waals surface area contributed by atoms with E-state index in [0.717, 1.165) is 31.2 Å². The minimum absolute atomic E-state index is 0.264. The molecule has 1 aromatic rings. The normalized spacial score (nSPS) is 24.6. The Labute approximate surface area is 112 Å². The number of methoxy groups -OCH3 is 1. The highest BCUT2D eigenvalue weighted by atomic mass is 127. The van der Waals surface area contributed by atoms with Gasteiger partial charge in [-0.15, -0.1) is 0 Å². The van der Waals surface area contributed by atoms with Crippen molar-refractivity contribution >= 4 is 21.0 Å². The zero-order chi connectivity index (χ0) is 12.3. The predicted octanol–water partition coefficient (Wildman–Crippen LogP) is 4.59.